The third-order valence-corrected chi connectivity index (χ3v) is 3.18. The van der Waals surface area contributed by atoms with Gasteiger partial charge < -0.3 is 5.73 Å². The molecule has 1 aromatic rings. The van der Waals surface area contributed by atoms with Gasteiger partial charge in [0, 0.05) is 10.6 Å². The summed E-state index contributed by atoms with van der Waals surface area (Å²) in [6.45, 7) is 4.41. The summed E-state index contributed by atoms with van der Waals surface area (Å²) in [6, 6.07) is 7.68. The van der Waals surface area contributed by atoms with Crippen LogP contribution in [0.3, 0.4) is 0 Å². The van der Waals surface area contributed by atoms with E-state index in [1.54, 1.807) is 17.8 Å². The predicted octanol–water partition coefficient (Wildman–Crippen LogP) is 3.28. The number of benzene rings is 1. The van der Waals surface area contributed by atoms with Gasteiger partial charge in [-0.15, -0.1) is 11.8 Å². The van der Waals surface area contributed by atoms with Crippen LogP contribution in [0.15, 0.2) is 23.1 Å². The fourth-order valence-corrected chi connectivity index (χ4v) is 2.40. The SMILES string of the molecule is CC(C)CCSc1ccc(N)cc1C#N. The molecule has 2 N–H and O–H groups in total. The Balaban J connectivity index is 2.65. The average Bonchev–Trinajstić information content (AvgIpc) is 2.19. The second kappa shape index (κ2) is 5.67. The lowest BCUT2D eigenvalue weighted by molar-refractivity contribution is 0.632. The summed E-state index contributed by atoms with van der Waals surface area (Å²) in [6.07, 6.45) is 1.17. The second-order valence-corrected chi connectivity index (χ2v) is 5.04. The molecule has 0 aromatic heterocycles. The van der Waals surface area contributed by atoms with Gasteiger partial charge in [-0.2, -0.15) is 5.26 Å². The molecule has 0 aliphatic carbocycles. The number of hydrogen-bond donors (Lipinski definition) is 1. The van der Waals surface area contributed by atoms with Crippen LogP contribution in [0.25, 0.3) is 0 Å². The van der Waals surface area contributed by atoms with Crippen molar-refractivity contribution in [2.24, 2.45) is 5.92 Å². The summed E-state index contributed by atoms with van der Waals surface area (Å²) in [5.74, 6) is 1.76. The molecule has 1 rings (SSSR count). The number of nitrogens with zero attached hydrogens (tertiary/aromatic N) is 1. The zero-order chi connectivity index (χ0) is 11.3. The van der Waals surface area contributed by atoms with Gasteiger partial charge in [-0.25, -0.2) is 0 Å². The van der Waals surface area contributed by atoms with Gasteiger partial charge in [0.05, 0.1) is 5.56 Å². The minimum atomic E-state index is 0.653. The van der Waals surface area contributed by atoms with Gasteiger partial charge in [-0.1, -0.05) is 13.8 Å². The van der Waals surface area contributed by atoms with Crippen LogP contribution in [0.2, 0.25) is 0 Å². The summed E-state index contributed by atoms with van der Waals surface area (Å²) in [5, 5.41) is 8.93. The predicted molar refractivity (Wildman–Crippen MR) is 65.7 cm³/mol. The maximum absolute atomic E-state index is 8.93. The average molecular weight is 220 g/mol. The number of rotatable bonds is 4. The molecule has 0 atom stereocenters. The minimum Gasteiger partial charge on any atom is -0.399 e. The minimum absolute atomic E-state index is 0.653. The molecule has 0 unspecified atom stereocenters. The quantitative estimate of drug-likeness (QED) is 0.625. The summed E-state index contributed by atoms with van der Waals surface area (Å²) in [5.41, 5.74) is 6.96. The van der Waals surface area contributed by atoms with Crippen LogP contribution in [0, 0.1) is 17.2 Å². The summed E-state index contributed by atoms with van der Waals surface area (Å²) in [4.78, 5) is 1.03. The van der Waals surface area contributed by atoms with Crippen LogP contribution < -0.4 is 5.73 Å². The highest BCUT2D eigenvalue weighted by Crippen LogP contribution is 2.25. The van der Waals surface area contributed by atoms with Gasteiger partial charge in [0.15, 0.2) is 0 Å². The highest BCUT2D eigenvalue weighted by molar-refractivity contribution is 7.99. The molecular weight excluding hydrogens is 204 g/mol. The lowest BCUT2D eigenvalue weighted by Gasteiger charge is -2.06. The van der Waals surface area contributed by atoms with E-state index in [2.05, 4.69) is 19.9 Å². The van der Waals surface area contributed by atoms with Crippen LogP contribution in [0.5, 0.6) is 0 Å². The lowest BCUT2D eigenvalue weighted by Crippen LogP contribution is -1.92. The number of thioether (sulfide) groups is 1. The molecule has 0 fully saturated rings. The topological polar surface area (TPSA) is 49.8 Å². The number of anilines is 1. The number of nitrogens with two attached hydrogens (primary N) is 1. The fourth-order valence-electron chi connectivity index (χ4n) is 1.17. The molecule has 0 aliphatic rings. The number of nitrogen functional groups attached to an aromatic ring is 1. The van der Waals surface area contributed by atoms with E-state index in [9.17, 15) is 0 Å². The van der Waals surface area contributed by atoms with Crippen LogP contribution in [-0.4, -0.2) is 5.75 Å². The maximum atomic E-state index is 8.93. The Kier molecular flexibility index (Phi) is 4.51. The Morgan fingerprint density at radius 1 is 1.47 bits per heavy atom. The molecule has 15 heavy (non-hydrogen) atoms. The Morgan fingerprint density at radius 3 is 2.80 bits per heavy atom. The van der Waals surface area contributed by atoms with Gasteiger partial charge in [0.25, 0.3) is 0 Å². The first-order valence-electron chi connectivity index (χ1n) is 5.06. The third-order valence-electron chi connectivity index (χ3n) is 2.08. The molecule has 0 bridgehead atoms. The molecule has 0 heterocycles. The largest absolute Gasteiger partial charge is 0.399 e. The molecule has 0 amide bonds. The molecule has 0 aliphatic heterocycles. The zero-order valence-electron chi connectivity index (χ0n) is 9.16. The first kappa shape index (κ1) is 11.9. The standard InChI is InChI=1S/C12H16N2S/c1-9(2)5-6-15-12-4-3-11(14)7-10(12)8-13/h3-4,7,9H,5-6,14H2,1-2H3. The maximum Gasteiger partial charge on any atom is 0.100 e. The molecule has 1 aromatic carbocycles. The first-order chi connectivity index (χ1) is 7.13. The van der Waals surface area contributed by atoms with Crippen molar-refractivity contribution in [3.8, 4) is 6.07 Å². The zero-order valence-corrected chi connectivity index (χ0v) is 9.97. The van der Waals surface area contributed by atoms with Crippen molar-refractivity contribution in [3.05, 3.63) is 23.8 Å². The Hall–Kier alpha value is -1.14. The second-order valence-electron chi connectivity index (χ2n) is 3.90. The van der Waals surface area contributed by atoms with Crippen molar-refractivity contribution in [1.29, 1.82) is 5.26 Å². The van der Waals surface area contributed by atoms with Gasteiger partial charge in [-0.05, 0) is 36.3 Å². The molecule has 0 radical (unpaired) electrons. The summed E-state index contributed by atoms with van der Waals surface area (Å²) in [7, 11) is 0. The smallest absolute Gasteiger partial charge is 0.100 e. The normalized spacial score (nSPS) is 10.3. The van der Waals surface area contributed by atoms with Crippen molar-refractivity contribution < 1.29 is 0 Å². The molecule has 3 heteroatoms. The Labute approximate surface area is 95.5 Å². The lowest BCUT2D eigenvalue weighted by atomic mass is 10.2. The summed E-state index contributed by atoms with van der Waals surface area (Å²) < 4.78 is 0. The van der Waals surface area contributed by atoms with Gasteiger partial charge in [-0.3, -0.25) is 0 Å². The van der Waals surface area contributed by atoms with E-state index in [4.69, 9.17) is 11.0 Å². The van der Waals surface area contributed by atoms with Gasteiger partial charge >= 0.3 is 0 Å². The van der Waals surface area contributed by atoms with E-state index < -0.39 is 0 Å². The van der Waals surface area contributed by atoms with Crippen LogP contribution in [0.1, 0.15) is 25.8 Å². The van der Waals surface area contributed by atoms with Crippen molar-refractivity contribution in [1.82, 2.24) is 0 Å². The molecule has 0 saturated carbocycles. The van der Waals surface area contributed by atoms with Crippen LogP contribution in [-0.2, 0) is 0 Å². The van der Waals surface area contributed by atoms with Gasteiger partial charge in [0.2, 0.25) is 0 Å². The van der Waals surface area contributed by atoms with Crippen LogP contribution >= 0.6 is 11.8 Å². The van der Waals surface area contributed by atoms with Crippen molar-refractivity contribution >= 4 is 17.4 Å². The molecule has 0 spiro atoms. The molecule has 0 saturated heterocycles. The highest BCUT2D eigenvalue weighted by atomic mass is 32.2. The number of hydrogen-bond acceptors (Lipinski definition) is 3. The van der Waals surface area contributed by atoms with E-state index in [1.165, 1.54) is 6.42 Å². The van der Waals surface area contributed by atoms with Crippen molar-refractivity contribution in [3.63, 3.8) is 0 Å². The van der Waals surface area contributed by atoms with E-state index >= 15 is 0 Å². The first-order valence-corrected chi connectivity index (χ1v) is 6.04. The molecule has 80 valence electrons. The van der Waals surface area contributed by atoms with E-state index in [1.807, 2.05) is 12.1 Å². The monoisotopic (exact) mass is 220 g/mol. The van der Waals surface area contributed by atoms with Gasteiger partial charge in [0.1, 0.15) is 6.07 Å². The summed E-state index contributed by atoms with van der Waals surface area (Å²) >= 11 is 1.73. The highest BCUT2D eigenvalue weighted by Gasteiger charge is 2.03. The van der Waals surface area contributed by atoms with E-state index in [0.717, 1.165) is 10.6 Å². The number of nitriles is 1. The fraction of sp³-hybridized carbons (Fsp3) is 0.417. The van der Waals surface area contributed by atoms with E-state index in [0.29, 0.717) is 17.2 Å². The van der Waals surface area contributed by atoms with Crippen molar-refractivity contribution in [2.45, 2.75) is 25.2 Å². The van der Waals surface area contributed by atoms with Crippen molar-refractivity contribution in [2.75, 3.05) is 11.5 Å². The Bertz CT molecular complexity index is 366. The Morgan fingerprint density at radius 2 is 2.20 bits per heavy atom. The molecular formula is C12H16N2S. The van der Waals surface area contributed by atoms with E-state index in [-0.39, 0.29) is 0 Å². The third kappa shape index (κ3) is 3.85. The molecule has 2 nitrogen and oxygen atoms in total. The van der Waals surface area contributed by atoms with Crippen LogP contribution in [0.4, 0.5) is 5.69 Å².